The molecule has 2 atom stereocenters. The Morgan fingerprint density at radius 1 is 1.64 bits per heavy atom. The minimum atomic E-state index is -0.134. The summed E-state index contributed by atoms with van der Waals surface area (Å²) in [5, 5.41) is 0. The summed E-state index contributed by atoms with van der Waals surface area (Å²) in [6, 6.07) is 0. The van der Waals surface area contributed by atoms with Crippen molar-refractivity contribution in [3.05, 3.63) is 0 Å². The zero-order chi connectivity index (χ0) is 8.48. The molecule has 2 heteroatoms. The van der Waals surface area contributed by atoms with Gasteiger partial charge in [-0.2, -0.15) is 0 Å². The summed E-state index contributed by atoms with van der Waals surface area (Å²) in [4.78, 5) is 11.3. The SMILES string of the molecule is CCOC(=O)C1(C)CC1CC. The fourth-order valence-corrected chi connectivity index (χ4v) is 1.59. The molecule has 11 heavy (non-hydrogen) atoms. The smallest absolute Gasteiger partial charge is 0.312 e. The van der Waals surface area contributed by atoms with Crippen LogP contribution in [-0.2, 0) is 9.53 Å². The van der Waals surface area contributed by atoms with Crippen LogP contribution in [0.15, 0.2) is 0 Å². The average molecular weight is 156 g/mol. The maximum absolute atomic E-state index is 11.3. The molecule has 0 aromatic carbocycles. The second-order valence-electron chi connectivity index (χ2n) is 3.45. The highest BCUT2D eigenvalue weighted by Gasteiger charge is 2.55. The van der Waals surface area contributed by atoms with Gasteiger partial charge in [-0.3, -0.25) is 4.79 Å². The summed E-state index contributed by atoms with van der Waals surface area (Å²) in [5.41, 5.74) is -0.134. The Labute approximate surface area is 67.9 Å². The Morgan fingerprint density at radius 2 is 2.27 bits per heavy atom. The average Bonchev–Trinajstić information content (AvgIpc) is 2.64. The van der Waals surface area contributed by atoms with Crippen LogP contribution in [-0.4, -0.2) is 12.6 Å². The van der Waals surface area contributed by atoms with E-state index in [9.17, 15) is 4.79 Å². The topological polar surface area (TPSA) is 26.3 Å². The fourth-order valence-electron chi connectivity index (χ4n) is 1.59. The molecule has 0 aromatic heterocycles. The first-order chi connectivity index (χ1) is 5.15. The highest BCUT2D eigenvalue weighted by atomic mass is 16.5. The number of carbonyl (C=O) groups excluding carboxylic acids is 1. The van der Waals surface area contributed by atoms with Gasteiger partial charge in [0.05, 0.1) is 12.0 Å². The van der Waals surface area contributed by atoms with Gasteiger partial charge in [0, 0.05) is 0 Å². The lowest BCUT2D eigenvalue weighted by Crippen LogP contribution is -2.17. The molecule has 64 valence electrons. The van der Waals surface area contributed by atoms with Gasteiger partial charge in [-0.1, -0.05) is 13.3 Å². The predicted octanol–water partition coefficient (Wildman–Crippen LogP) is 1.99. The standard InChI is InChI=1S/C9H16O2/c1-4-7-6-9(7,3)8(10)11-5-2/h7H,4-6H2,1-3H3. The third-order valence-electron chi connectivity index (χ3n) is 2.65. The Morgan fingerprint density at radius 3 is 2.64 bits per heavy atom. The van der Waals surface area contributed by atoms with Gasteiger partial charge >= 0.3 is 5.97 Å². The molecule has 0 saturated heterocycles. The summed E-state index contributed by atoms with van der Waals surface area (Å²) in [5.74, 6) is 0.563. The van der Waals surface area contributed by atoms with Crippen molar-refractivity contribution in [2.75, 3.05) is 6.61 Å². The number of rotatable bonds is 3. The Bertz CT molecular complexity index is 165. The van der Waals surface area contributed by atoms with Crippen molar-refractivity contribution in [3.63, 3.8) is 0 Å². The van der Waals surface area contributed by atoms with Crippen LogP contribution in [0, 0.1) is 11.3 Å². The van der Waals surface area contributed by atoms with Crippen molar-refractivity contribution in [3.8, 4) is 0 Å². The lowest BCUT2D eigenvalue weighted by molar-refractivity contribution is -0.149. The molecule has 0 amide bonds. The van der Waals surface area contributed by atoms with E-state index < -0.39 is 0 Å². The Kier molecular flexibility index (Phi) is 2.21. The molecule has 0 N–H and O–H groups in total. The van der Waals surface area contributed by atoms with Gasteiger partial charge in [0.2, 0.25) is 0 Å². The molecule has 1 fully saturated rings. The first kappa shape index (κ1) is 8.57. The molecule has 1 aliphatic carbocycles. The van der Waals surface area contributed by atoms with Crippen molar-refractivity contribution in [1.82, 2.24) is 0 Å². The minimum Gasteiger partial charge on any atom is -0.466 e. The molecule has 1 saturated carbocycles. The van der Waals surface area contributed by atoms with E-state index in [-0.39, 0.29) is 11.4 Å². The maximum atomic E-state index is 11.3. The molecule has 0 bridgehead atoms. The van der Waals surface area contributed by atoms with Crippen LogP contribution in [0.1, 0.15) is 33.6 Å². The number of hydrogen-bond acceptors (Lipinski definition) is 2. The van der Waals surface area contributed by atoms with E-state index in [2.05, 4.69) is 6.92 Å². The van der Waals surface area contributed by atoms with Crippen LogP contribution in [0.5, 0.6) is 0 Å². The molecular formula is C9H16O2. The second-order valence-corrected chi connectivity index (χ2v) is 3.45. The third-order valence-corrected chi connectivity index (χ3v) is 2.65. The molecule has 0 heterocycles. The van der Waals surface area contributed by atoms with Gasteiger partial charge in [-0.15, -0.1) is 0 Å². The van der Waals surface area contributed by atoms with Crippen molar-refractivity contribution in [2.45, 2.75) is 33.6 Å². The van der Waals surface area contributed by atoms with Gasteiger partial charge in [-0.05, 0) is 26.2 Å². The van der Waals surface area contributed by atoms with Crippen LogP contribution in [0.2, 0.25) is 0 Å². The van der Waals surface area contributed by atoms with E-state index in [1.165, 1.54) is 0 Å². The zero-order valence-electron chi connectivity index (χ0n) is 7.52. The van der Waals surface area contributed by atoms with Gasteiger partial charge in [-0.25, -0.2) is 0 Å². The van der Waals surface area contributed by atoms with Gasteiger partial charge in [0.25, 0.3) is 0 Å². The van der Waals surface area contributed by atoms with E-state index in [0.29, 0.717) is 12.5 Å². The Hall–Kier alpha value is -0.530. The maximum Gasteiger partial charge on any atom is 0.312 e. The summed E-state index contributed by atoms with van der Waals surface area (Å²) < 4.78 is 4.96. The van der Waals surface area contributed by atoms with Crippen LogP contribution >= 0.6 is 0 Å². The molecule has 2 nitrogen and oxygen atoms in total. The van der Waals surface area contributed by atoms with E-state index in [0.717, 1.165) is 12.8 Å². The first-order valence-electron chi connectivity index (χ1n) is 4.32. The van der Waals surface area contributed by atoms with Crippen LogP contribution < -0.4 is 0 Å². The van der Waals surface area contributed by atoms with Gasteiger partial charge in [0.1, 0.15) is 0 Å². The van der Waals surface area contributed by atoms with E-state index in [1.54, 1.807) is 0 Å². The quantitative estimate of drug-likeness (QED) is 0.584. The zero-order valence-corrected chi connectivity index (χ0v) is 7.52. The van der Waals surface area contributed by atoms with Crippen LogP contribution in [0.3, 0.4) is 0 Å². The lowest BCUT2D eigenvalue weighted by atomic mass is 10.1. The van der Waals surface area contributed by atoms with Crippen LogP contribution in [0.4, 0.5) is 0 Å². The highest BCUT2D eigenvalue weighted by Crippen LogP contribution is 2.54. The summed E-state index contributed by atoms with van der Waals surface area (Å²) in [6.45, 7) is 6.48. The van der Waals surface area contributed by atoms with Gasteiger partial charge < -0.3 is 4.74 Å². The molecule has 1 aliphatic rings. The molecule has 0 radical (unpaired) electrons. The van der Waals surface area contributed by atoms with Crippen LogP contribution in [0.25, 0.3) is 0 Å². The predicted molar refractivity (Wildman–Crippen MR) is 43.1 cm³/mol. The summed E-state index contributed by atoms with van der Waals surface area (Å²) in [7, 11) is 0. The molecular weight excluding hydrogens is 140 g/mol. The van der Waals surface area contributed by atoms with Crippen molar-refractivity contribution >= 4 is 5.97 Å². The van der Waals surface area contributed by atoms with E-state index in [1.807, 2.05) is 13.8 Å². The number of hydrogen-bond donors (Lipinski definition) is 0. The molecule has 2 unspecified atom stereocenters. The normalized spacial score (nSPS) is 35.0. The molecule has 1 rings (SSSR count). The van der Waals surface area contributed by atoms with E-state index >= 15 is 0 Å². The number of esters is 1. The Balaban J connectivity index is 2.42. The molecule has 0 aromatic rings. The van der Waals surface area contributed by atoms with Crippen molar-refractivity contribution < 1.29 is 9.53 Å². The molecule has 0 aliphatic heterocycles. The molecule has 0 spiro atoms. The van der Waals surface area contributed by atoms with Crippen molar-refractivity contribution in [1.29, 1.82) is 0 Å². The number of carbonyl (C=O) groups is 1. The van der Waals surface area contributed by atoms with E-state index in [4.69, 9.17) is 4.74 Å². The first-order valence-corrected chi connectivity index (χ1v) is 4.32. The largest absolute Gasteiger partial charge is 0.466 e. The summed E-state index contributed by atoms with van der Waals surface area (Å²) >= 11 is 0. The third kappa shape index (κ3) is 1.39. The summed E-state index contributed by atoms with van der Waals surface area (Å²) in [6.07, 6.45) is 2.11. The van der Waals surface area contributed by atoms with Gasteiger partial charge in [0.15, 0.2) is 0 Å². The lowest BCUT2D eigenvalue weighted by Gasteiger charge is -2.08. The minimum absolute atomic E-state index is 0.00755. The monoisotopic (exact) mass is 156 g/mol. The number of ether oxygens (including phenoxy) is 1. The highest BCUT2D eigenvalue weighted by molar-refractivity contribution is 5.80. The second kappa shape index (κ2) is 2.84. The fraction of sp³-hybridized carbons (Fsp3) is 0.889. The van der Waals surface area contributed by atoms with Crippen molar-refractivity contribution in [2.24, 2.45) is 11.3 Å².